The van der Waals surface area contributed by atoms with E-state index in [1.807, 2.05) is 20.8 Å². The molecule has 0 bridgehead atoms. The minimum atomic E-state index is -4.01. The summed E-state index contributed by atoms with van der Waals surface area (Å²) in [5, 5.41) is 9.24. The van der Waals surface area contributed by atoms with Crippen LogP contribution in [0, 0.1) is 0 Å². The Hall–Kier alpha value is -2.05. The smallest absolute Gasteiger partial charge is 0.335 e. The molecule has 2 rings (SSSR count). The minimum absolute atomic E-state index is 0.126. The SMILES string of the molecule is CC(C)(C)c1ccc2c(c1)OC(C(F)(F)C(C)(C)F)C(C(=O)O)=C2.CF. The first kappa shape index (κ1) is 22.0. The topological polar surface area (TPSA) is 46.5 Å². The van der Waals surface area contributed by atoms with E-state index < -0.39 is 29.2 Å². The van der Waals surface area contributed by atoms with Crippen molar-refractivity contribution in [3.05, 3.63) is 34.9 Å². The maximum atomic E-state index is 14.5. The van der Waals surface area contributed by atoms with Gasteiger partial charge in [-0.25, -0.2) is 9.18 Å². The van der Waals surface area contributed by atoms with Gasteiger partial charge in [-0.1, -0.05) is 32.9 Å². The Morgan fingerprint density at radius 3 is 2.04 bits per heavy atom. The molecule has 1 aromatic rings. The zero-order valence-corrected chi connectivity index (χ0v) is 15.7. The lowest BCUT2D eigenvalue weighted by atomic mass is 9.85. The van der Waals surface area contributed by atoms with Crippen LogP contribution in [0.5, 0.6) is 5.75 Å². The van der Waals surface area contributed by atoms with E-state index in [0.717, 1.165) is 11.6 Å². The third-order valence-corrected chi connectivity index (χ3v) is 4.09. The van der Waals surface area contributed by atoms with E-state index in [0.29, 0.717) is 26.6 Å². The number of rotatable bonds is 3. The Kier molecular flexibility index (Phi) is 6.16. The molecular weight excluding hydrogens is 352 g/mol. The molecule has 1 unspecified atom stereocenters. The summed E-state index contributed by atoms with van der Waals surface area (Å²) in [4.78, 5) is 11.4. The van der Waals surface area contributed by atoms with Crippen LogP contribution in [-0.2, 0) is 10.2 Å². The van der Waals surface area contributed by atoms with Crippen LogP contribution in [0.1, 0.15) is 45.7 Å². The van der Waals surface area contributed by atoms with Crippen molar-refractivity contribution in [2.75, 3.05) is 7.18 Å². The molecule has 0 radical (unpaired) electrons. The first-order valence-corrected chi connectivity index (χ1v) is 7.96. The summed E-state index contributed by atoms with van der Waals surface area (Å²) in [6, 6.07) is 5.00. The second-order valence-electron chi connectivity index (χ2n) is 7.50. The number of carbonyl (C=O) groups is 1. The Morgan fingerprint density at radius 1 is 1.08 bits per heavy atom. The molecule has 1 atom stereocenters. The summed E-state index contributed by atoms with van der Waals surface area (Å²) in [5.74, 6) is -5.44. The van der Waals surface area contributed by atoms with Crippen LogP contribution >= 0.6 is 0 Å². The standard InChI is InChI=1S/C18H21F3O3.CH3F/c1-16(2,3)11-7-6-10-8-12(15(22)23)14(24-13(10)9-11)18(20,21)17(4,5)19;1-2/h6-9,14H,1-5H3,(H,22,23);1H3. The predicted molar refractivity (Wildman–Crippen MR) is 92.3 cm³/mol. The number of alkyl halides is 4. The Morgan fingerprint density at radius 2 is 1.62 bits per heavy atom. The number of carboxylic acid groups (broad SMARTS) is 1. The van der Waals surface area contributed by atoms with E-state index in [2.05, 4.69) is 0 Å². The maximum absolute atomic E-state index is 14.5. The van der Waals surface area contributed by atoms with Crippen LogP contribution in [-0.4, -0.2) is 35.9 Å². The number of hydrogen-bond donors (Lipinski definition) is 1. The predicted octanol–water partition coefficient (Wildman–Crippen LogP) is 5.18. The van der Waals surface area contributed by atoms with E-state index in [9.17, 15) is 27.5 Å². The van der Waals surface area contributed by atoms with Gasteiger partial charge in [0.15, 0.2) is 11.8 Å². The Balaban J connectivity index is 0.00000163. The third-order valence-electron chi connectivity index (χ3n) is 4.09. The van der Waals surface area contributed by atoms with E-state index in [-0.39, 0.29) is 11.2 Å². The van der Waals surface area contributed by atoms with Crippen molar-refractivity contribution in [1.82, 2.24) is 0 Å². The van der Waals surface area contributed by atoms with E-state index in [4.69, 9.17) is 4.74 Å². The number of carboxylic acids is 1. The highest BCUT2D eigenvalue weighted by Crippen LogP contribution is 2.44. The largest absolute Gasteiger partial charge is 0.478 e. The average molecular weight is 376 g/mol. The molecule has 146 valence electrons. The van der Waals surface area contributed by atoms with Gasteiger partial charge in [0.1, 0.15) is 5.75 Å². The molecule has 0 aliphatic carbocycles. The van der Waals surface area contributed by atoms with Crippen LogP contribution in [0.2, 0.25) is 0 Å². The van der Waals surface area contributed by atoms with Gasteiger partial charge in [-0.15, -0.1) is 0 Å². The molecule has 0 saturated heterocycles. The number of fused-ring (bicyclic) bond motifs is 1. The molecule has 0 amide bonds. The summed E-state index contributed by atoms with van der Waals surface area (Å²) in [7, 11) is 0.500. The summed E-state index contributed by atoms with van der Waals surface area (Å²) in [6.07, 6.45) is -1.07. The molecule has 0 spiro atoms. The highest BCUT2D eigenvalue weighted by atomic mass is 19.3. The van der Waals surface area contributed by atoms with Crippen molar-refractivity contribution >= 4 is 12.0 Å². The minimum Gasteiger partial charge on any atom is -0.478 e. The van der Waals surface area contributed by atoms with Gasteiger partial charge in [-0.3, -0.25) is 4.39 Å². The van der Waals surface area contributed by atoms with Gasteiger partial charge >= 0.3 is 11.9 Å². The molecule has 7 heteroatoms. The van der Waals surface area contributed by atoms with Crippen LogP contribution in [0.3, 0.4) is 0 Å². The first-order valence-electron chi connectivity index (χ1n) is 7.96. The lowest BCUT2D eigenvalue weighted by Crippen LogP contribution is -2.53. The van der Waals surface area contributed by atoms with Gasteiger partial charge < -0.3 is 9.84 Å². The monoisotopic (exact) mass is 376 g/mol. The van der Waals surface area contributed by atoms with Crippen molar-refractivity contribution in [3.8, 4) is 5.75 Å². The fraction of sp³-hybridized carbons (Fsp3) is 0.526. The highest BCUT2D eigenvalue weighted by molar-refractivity contribution is 5.95. The lowest BCUT2D eigenvalue weighted by Gasteiger charge is -2.36. The van der Waals surface area contributed by atoms with Crippen molar-refractivity contribution < 1.29 is 32.2 Å². The van der Waals surface area contributed by atoms with Crippen LogP contribution in [0.15, 0.2) is 23.8 Å². The quantitative estimate of drug-likeness (QED) is 0.739. The second-order valence-corrected chi connectivity index (χ2v) is 7.50. The van der Waals surface area contributed by atoms with Gasteiger partial charge in [0.2, 0.25) is 0 Å². The zero-order chi connectivity index (χ0) is 20.5. The van der Waals surface area contributed by atoms with Gasteiger partial charge in [0, 0.05) is 5.56 Å². The van der Waals surface area contributed by atoms with Crippen LogP contribution in [0.25, 0.3) is 6.08 Å². The van der Waals surface area contributed by atoms with E-state index in [1.165, 1.54) is 0 Å². The average Bonchev–Trinajstić information content (AvgIpc) is 2.52. The molecule has 26 heavy (non-hydrogen) atoms. The Labute approximate surface area is 150 Å². The molecule has 1 aromatic carbocycles. The molecule has 3 nitrogen and oxygen atoms in total. The lowest BCUT2D eigenvalue weighted by molar-refractivity contribution is -0.173. The highest BCUT2D eigenvalue weighted by Gasteiger charge is 2.58. The van der Waals surface area contributed by atoms with Crippen molar-refractivity contribution in [2.24, 2.45) is 0 Å². The number of aliphatic carboxylic acids is 1. The fourth-order valence-corrected chi connectivity index (χ4v) is 2.41. The van der Waals surface area contributed by atoms with E-state index >= 15 is 0 Å². The summed E-state index contributed by atoms with van der Waals surface area (Å²) < 4.78 is 57.7. The molecule has 0 aromatic heterocycles. The molecule has 0 saturated carbocycles. The van der Waals surface area contributed by atoms with Crippen molar-refractivity contribution in [1.29, 1.82) is 0 Å². The summed E-state index contributed by atoms with van der Waals surface area (Å²) in [6.45, 7) is 7.26. The van der Waals surface area contributed by atoms with Gasteiger partial charge in [0.05, 0.1) is 12.8 Å². The molecule has 1 aliphatic rings. The van der Waals surface area contributed by atoms with Gasteiger partial charge in [-0.05, 0) is 37.0 Å². The number of ether oxygens (including phenoxy) is 1. The number of halogens is 4. The molecular formula is C19H24F4O3. The Bertz CT molecular complexity index is 698. The summed E-state index contributed by atoms with van der Waals surface area (Å²) in [5.41, 5.74) is -2.63. The van der Waals surface area contributed by atoms with Crippen LogP contribution in [0.4, 0.5) is 17.6 Å². The fourth-order valence-electron chi connectivity index (χ4n) is 2.41. The summed E-state index contributed by atoms with van der Waals surface area (Å²) >= 11 is 0. The normalized spacial score (nSPS) is 17.3. The third kappa shape index (κ3) is 4.19. The maximum Gasteiger partial charge on any atom is 0.335 e. The van der Waals surface area contributed by atoms with Crippen LogP contribution < -0.4 is 4.74 Å². The van der Waals surface area contributed by atoms with Gasteiger partial charge in [-0.2, -0.15) is 8.78 Å². The zero-order valence-electron chi connectivity index (χ0n) is 15.7. The molecule has 1 aliphatic heterocycles. The molecule has 0 fully saturated rings. The first-order chi connectivity index (χ1) is 11.7. The molecule has 1 N–H and O–H groups in total. The van der Waals surface area contributed by atoms with Crippen molar-refractivity contribution in [2.45, 2.75) is 57.7 Å². The van der Waals surface area contributed by atoms with Crippen molar-refractivity contribution in [3.63, 3.8) is 0 Å². The molecule has 1 heterocycles. The number of benzene rings is 1. The van der Waals surface area contributed by atoms with Gasteiger partial charge in [0.25, 0.3) is 0 Å². The second kappa shape index (κ2) is 7.29. The van der Waals surface area contributed by atoms with E-state index in [1.54, 1.807) is 18.2 Å². The number of hydrogen-bond acceptors (Lipinski definition) is 2.